The molecule has 0 bridgehead atoms. The lowest BCUT2D eigenvalue weighted by Gasteiger charge is -2.27. The van der Waals surface area contributed by atoms with Crippen molar-refractivity contribution in [2.75, 3.05) is 49.4 Å². The maximum Gasteiger partial charge on any atom is 0.492 e. The third-order valence-corrected chi connectivity index (χ3v) is 25.7. The number of anilines is 4. The Hall–Kier alpha value is -5.49. The normalized spacial score (nSPS) is 32.2. The van der Waals surface area contributed by atoms with E-state index in [0.29, 0.717) is 39.8 Å². The maximum absolute atomic E-state index is 12.3. The molecule has 20 atom stereocenters. The van der Waals surface area contributed by atoms with Crippen LogP contribution in [0.1, 0.15) is 48.2 Å². The Labute approximate surface area is 604 Å². The number of aromatic nitrogens is 16. The molecule has 107 heavy (non-hydrogen) atoms. The molecule has 8 aromatic heterocycles. The maximum atomic E-state index is 12.3. The van der Waals surface area contributed by atoms with Crippen molar-refractivity contribution in [1.82, 2.24) is 78.1 Å². The number of fused-ring (bicyclic) bond motifs is 4. The lowest BCUT2D eigenvalue weighted by atomic mass is 10.1. The Morgan fingerprint density at radius 1 is 0.439 bits per heavy atom. The van der Waals surface area contributed by atoms with Gasteiger partial charge in [-0.25, -0.2) is 87.2 Å². The number of nitrogens with two attached hydrogens (primary N) is 4. The van der Waals surface area contributed by atoms with Crippen molar-refractivity contribution in [3.63, 3.8) is 0 Å². The van der Waals surface area contributed by atoms with Crippen molar-refractivity contribution in [1.29, 1.82) is 0 Å². The minimum atomic E-state index is -5.71. The van der Waals surface area contributed by atoms with Gasteiger partial charge >= 0.3 is 53.0 Å². The number of hydrogen-bond donors (Lipinski definition) is 19. The zero-order valence-corrected chi connectivity index (χ0v) is 62.0. The highest BCUT2D eigenvalue weighted by atomic mass is 35.9. The molecule has 0 aliphatic carbocycles. The molecule has 13 rings (SSSR count). The van der Waals surface area contributed by atoms with E-state index in [1.807, 2.05) is 0 Å². The number of aryl methyl sites for hydroxylation is 4. The summed E-state index contributed by atoms with van der Waals surface area (Å²) in [7, 11) is -32.2. The smallest absolute Gasteiger partial charge is 0.394 e. The second-order valence-electron chi connectivity index (χ2n) is 22.7. The molecule has 8 aromatic rings. The Bertz CT molecular complexity index is 4960. The van der Waals surface area contributed by atoms with E-state index in [1.54, 1.807) is 20.8 Å². The third-order valence-electron chi connectivity index (χ3n) is 15.5. The zero-order chi connectivity index (χ0) is 78.9. The number of phosphoric ester groups is 1. The molecule has 592 valence electrons. The first kappa shape index (κ1) is 84.0. The minimum absolute atomic E-state index is 0.0501. The Balaban J connectivity index is 0.000000155. The first-order chi connectivity index (χ1) is 49.6. The van der Waals surface area contributed by atoms with Crippen molar-refractivity contribution in [3.05, 3.63) is 48.6 Å². The number of phosphoric acid groups is 6. The van der Waals surface area contributed by atoms with E-state index in [1.165, 1.54) is 44.2 Å². The van der Waals surface area contributed by atoms with Crippen LogP contribution in [-0.4, -0.2) is 253 Å². The van der Waals surface area contributed by atoms with Crippen molar-refractivity contribution in [3.8, 4) is 0 Å². The first-order valence-electron chi connectivity index (χ1n) is 29.6. The molecule has 54 nitrogen and oxygen atoms in total. The van der Waals surface area contributed by atoms with Crippen LogP contribution in [0.5, 0.6) is 0 Å². The molecule has 0 amide bonds. The zero-order valence-electron chi connectivity index (χ0n) is 54.2. The molecule has 63 heteroatoms. The van der Waals surface area contributed by atoms with E-state index in [2.05, 4.69) is 85.9 Å². The summed E-state index contributed by atoms with van der Waals surface area (Å²) in [5.41, 5.74) is 25.3. The SMILES string of the molecule is Cc1nc2c(N)ncnc2n1[C@@H]1O[C@H](CO)C(O)[C@@H]1O.Cc1nc2c(N)ncnc2n1[C@@H]1O[C@H](COP(=O)(Cl)Cl)C(O)[C@@H]1O.Cc1nc2c(N)ncnc2n1[C@@H]1O[C@H](COP(=O)(O)OP(=O)(O)OP(=O)(O)O)C(O)[C@@H]1O.Cc1nc2c(N)ncnc2n1[C@@H]1O[C@H](COP2(=O)OP(=O)(O)OP(=O)(O)O2)C(O)[C@@H]1O. The highest BCUT2D eigenvalue weighted by Crippen LogP contribution is 2.80. The average molecular weight is 1700 g/mol. The van der Waals surface area contributed by atoms with E-state index >= 15 is 0 Å². The van der Waals surface area contributed by atoms with Crippen LogP contribution < -0.4 is 22.9 Å². The number of hydrogen-bond acceptors (Lipinski definition) is 44. The van der Waals surface area contributed by atoms with E-state index in [0.717, 1.165) is 6.33 Å². The number of nitrogens with zero attached hydrogens (tertiary/aromatic N) is 16. The number of rotatable bonds is 18. The van der Waals surface area contributed by atoms with Crippen LogP contribution in [0.3, 0.4) is 0 Å². The van der Waals surface area contributed by atoms with Gasteiger partial charge in [-0.15, -0.1) is 0 Å². The van der Waals surface area contributed by atoms with Gasteiger partial charge in [0.25, 0.3) is 0 Å². The molecule has 8 unspecified atom stereocenters. The van der Waals surface area contributed by atoms with Gasteiger partial charge in [0.2, 0.25) is 0 Å². The lowest BCUT2D eigenvalue weighted by Crippen LogP contribution is -2.34. The Morgan fingerprint density at radius 3 is 1.02 bits per heavy atom. The topological polar surface area (TPSA) is 812 Å². The highest BCUT2D eigenvalue weighted by Gasteiger charge is 2.56. The highest BCUT2D eigenvalue weighted by molar-refractivity contribution is 8.05. The fourth-order valence-electron chi connectivity index (χ4n) is 11.0. The fourth-order valence-corrected chi connectivity index (χ4v) is 19.6. The molecule has 5 aliphatic heterocycles. The molecule has 13 heterocycles. The van der Waals surface area contributed by atoms with Crippen LogP contribution in [0.4, 0.5) is 23.3 Å². The molecular weight excluding hydrogens is 1640 g/mol. The van der Waals surface area contributed by atoms with Gasteiger partial charge < -0.3 is 122 Å². The van der Waals surface area contributed by atoms with Gasteiger partial charge in [0, 0.05) is 0 Å². The van der Waals surface area contributed by atoms with Gasteiger partial charge in [-0.3, -0.25) is 31.9 Å². The molecule has 5 saturated heterocycles. The number of aliphatic hydroxyl groups is 9. The second-order valence-corrected chi connectivity index (χ2v) is 36.4. The van der Waals surface area contributed by atoms with Gasteiger partial charge in [0.05, 0.1) is 26.4 Å². The largest absolute Gasteiger partial charge is 0.492 e. The second kappa shape index (κ2) is 31.9. The Kier molecular flexibility index (Phi) is 25.1. The summed E-state index contributed by atoms with van der Waals surface area (Å²) in [6, 6.07) is 0. The van der Waals surface area contributed by atoms with Crippen LogP contribution >= 0.6 is 75.5 Å². The Morgan fingerprint density at radius 2 is 0.729 bits per heavy atom. The molecule has 0 saturated carbocycles. The molecule has 5 aliphatic rings. The summed E-state index contributed by atoms with van der Waals surface area (Å²) in [4.78, 5) is 103. The summed E-state index contributed by atoms with van der Waals surface area (Å²) in [5.74, 6) is 2.09. The molecule has 0 aromatic carbocycles. The number of ether oxygens (including phenoxy) is 4. The predicted molar refractivity (Wildman–Crippen MR) is 350 cm³/mol. The summed E-state index contributed by atoms with van der Waals surface area (Å²) >= 11 is 10.6. The van der Waals surface area contributed by atoms with Gasteiger partial charge in [-0.2, -0.15) is 21.6 Å². The van der Waals surface area contributed by atoms with Crippen molar-refractivity contribution in [2.24, 2.45) is 0 Å². The summed E-state index contributed by atoms with van der Waals surface area (Å²) in [6.45, 7) is 3.92. The van der Waals surface area contributed by atoms with E-state index in [9.17, 15) is 87.5 Å². The van der Waals surface area contributed by atoms with Crippen LogP contribution in [0, 0.1) is 27.7 Å². The number of imidazole rings is 4. The van der Waals surface area contributed by atoms with Gasteiger partial charge in [-0.1, -0.05) is 0 Å². The van der Waals surface area contributed by atoms with Crippen molar-refractivity contribution >= 4 is 143 Å². The average Bonchev–Trinajstić information content (AvgIpc) is 1.62. The van der Waals surface area contributed by atoms with Crippen LogP contribution in [0.2, 0.25) is 0 Å². The standard InChI is InChI=1S/C11H14Cl2N5O5P.C11H18N5O13P3.C11H16N5O12P3.C11H15N5O4/c1-4-17-6-9(14)15-3-16-10(6)18(4)11-8(20)7(19)5(23-11)2-22-24(12,13)21;1-4-15-6-9(12)13-3-14-10(6)16(4)11-8(18)7(17)5(27-11)2-26-31(22,23)29-32(24,25)28-30(19,20)21;1-4-15-6-9(12)13-3-14-10(6)16(4)11-8(18)7(17)5(25-11)2-24-31(23)27-29(19,20)26-30(21,22)28-31;1-4-15-6-9(12)13-3-14-10(6)16(4)11-8(19)7(18)5(2-17)20-11/h3,5,7-8,11,19-20H,2H2,1H3,(H2,14,15,16);3,5,7-8,11,17-18H,2H2,1H3,(H,22,23)(H,24,25)(H2,12,13,14)(H2,19,20,21);3,5,7-8,11,17-18H,2H2,1H3,(H,19,20)(H,21,22)(H2,12,13,14);3,5,7-8,11,17-19H,2H2,1H3,(H2,12,13,14)/t4*5-,7?,8+,11-/m1111/s1. The van der Waals surface area contributed by atoms with Crippen LogP contribution in [0.15, 0.2) is 25.3 Å². The molecule has 0 spiro atoms. The molecular formula is C44H63Cl2N20O34P7. The molecule has 0 radical (unpaired) electrons. The lowest BCUT2D eigenvalue weighted by molar-refractivity contribution is -0.0519. The third kappa shape index (κ3) is 18.7. The van der Waals surface area contributed by atoms with E-state index in [-0.39, 0.29) is 58.0 Å². The first-order valence-corrected chi connectivity index (χ1v) is 42.0. The summed E-state index contributed by atoms with van der Waals surface area (Å²) in [6.07, 6.45) is -19.5. The van der Waals surface area contributed by atoms with Crippen LogP contribution in [0.25, 0.3) is 44.7 Å². The number of nitrogen functional groups attached to an aromatic ring is 4. The van der Waals surface area contributed by atoms with Gasteiger partial charge in [-0.05, 0) is 50.2 Å². The predicted octanol–water partition coefficient (Wildman–Crippen LogP) is -2.33. The quantitative estimate of drug-likeness (QED) is 0.0401. The minimum Gasteiger partial charge on any atom is -0.394 e. The number of aliphatic hydroxyl groups excluding tert-OH is 9. The van der Waals surface area contributed by atoms with Crippen molar-refractivity contribution < 1.29 is 161 Å². The summed E-state index contributed by atoms with van der Waals surface area (Å²) in [5, 5.41) is 90.8. The van der Waals surface area contributed by atoms with E-state index < -0.39 is 171 Å². The molecule has 23 N–H and O–H groups in total. The monoisotopic (exact) mass is 1700 g/mol. The molecule has 5 fully saturated rings. The van der Waals surface area contributed by atoms with E-state index in [4.69, 9.17) is 93.2 Å². The van der Waals surface area contributed by atoms with Crippen molar-refractivity contribution in [2.45, 2.75) is 126 Å². The van der Waals surface area contributed by atoms with Gasteiger partial charge in [0.15, 0.2) is 92.8 Å². The van der Waals surface area contributed by atoms with Gasteiger partial charge in [0.1, 0.15) is 122 Å². The summed E-state index contributed by atoms with van der Waals surface area (Å²) < 4.78 is 141. The fraction of sp³-hybridized carbons (Fsp3) is 0.545. The number of halogens is 2. The van der Waals surface area contributed by atoms with Crippen LogP contribution in [-0.2, 0) is 86.0 Å².